The molecule has 76 valence electrons. The summed E-state index contributed by atoms with van der Waals surface area (Å²) in [5, 5.41) is 0. The molecule has 2 nitrogen and oxygen atoms in total. The smallest absolute Gasteiger partial charge is 0.137 e. The monoisotopic (exact) mass is 198 g/mol. The summed E-state index contributed by atoms with van der Waals surface area (Å²) >= 11 is 0. The van der Waals surface area contributed by atoms with Crippen molar-refractivity contribution in [3.05, 3.63) is 35.3 Å². The zero-order chi connectivity index (χ0) is 9.99. The van der Waals surface area contributed by atoms with Crippen molar-refractivity contribution in [3.63, 3.8) is 0 Å². The molecule has 2 unspecified atom stereocenters. The minimum Gasteiger partial charge on any atom is -0.303 e. The summed E-state index contributed by atoms with van der Waals surface area (Å²) in [7, 11) is 0. The second kappa shape index (κ2) is 2.43. The molecule has 0 aromatic carbocycles. The lowest BCUT2D eigenvalue weighted by Crippen LogP contribution is -1.99. The molecule has 0 N–H and O–H groups in total. The molecular formula is C13H14N2. The summed E-state index contributed by atoms with van der Waals surface area (Å²) in [5.41, 5.74) is 5.37. The van der Waals surface area contributed by atoms with Crippen LogP contribution in [0.4, 0.5) is 0 Å². The zero-order valence-corrected chi connectivity index (χ0v) is 8.90. The van der Waals surface area contributed by atoms with Crippen LogP contribution in [0.2, 0.25) is 0 Å². The molecule has 2 heteroatoms. The third-order valence-corrected chi connectivity index (χ3v) is 4.05. The van der Waals surface area contributed by atoms with Crippen LogP contribution in [0.5, 0.6) is 0 Å². The minimum atomic E-state index is 0.769. The summed E-state index contributed by atoms with van der Waals surface area (Å²) < 4.78 is 2.31. The van der Waals surface area contributed by atoms with Gasteiger partial charge in [0.05, 0.1) is 5.69 Å². The van der Waals surface area contributed by atoms with Crippen LogP contribution in [0.15, 0.2) is 18.3 Å². The van der Waals surface area contributed by atoms with Gasteiger partial charge in [-0.3, -0.25) is 0 Å². The van der Waals surface area contributed by atoms with Crippen molar-refractivity contribution in [1.82, 2.24) is 9.38 Å². The highest BCUT2D eigenvalue weighted by molar-refractivity contribution is 5.50. The number of hydrogen-bond acceptors (Lipinski definition) is 1. The lowest BCUT2D eigenvalue weighted by atomic mass is 10.0. The van der Waals surface area contributed by atoms with Gasteiger partial charge in [0, 0.05) is 23.7 Å². The van der Waals surface area contributed by atoms with Crippen LogP contribution in [-0.4, -0.2) is 9.38 Å². The molecule has 0 saturated heterocycles. The highest BCUT2D eigenvalue weighted by Crippen LogP contribution is 2.52. The molecule has 2 aliphatic carbocycles. The predicted octanol–water partition coefficient (Wildman–Crippen LogP) is 3.01. The van der Waals surface area contributed by atoms with Crippen molar-refractivity contribution in [2.75, 3.05) is 0 Å². The SMILES string of the molecule is Cc1ccn2c3c(nc2c1)C1CCC3C1. The van der Waals surface area contributed by atoms with Gasteiger partial charge in [-0.1, -0.05) is 0 Å². The Bertz CT molecular complexity index is 553. The fourth-order valence-electron chi connectivity index (χ4n) is 3.37. The van der Waals surface area contributed by atoms with Crippen LogP contribution in [0.3, 0.4) is 0 Å². The fraction of sp³-hybridized carbons (Fsp3) is 0.462. The number of fused-ring (bicyclic) bond motifs is 7. The van der Waals surface area contributed by atoms with Gasteiger partial charge in [0.2, 0.25) is 0 Å². The van der Waals surface area contributed by atoms with E-state index in [1.807, 2.05) is 0 Å². The summed E-state index contributed by atoms with van der Waals surface area (Å²) in [4.78, 5) is 4.80. The van der Waals surface area contributed by atoms with E-state index in [-0.39, 0.29) is 0 Å². The quantitative estimate of drug-likeness (QED) is 0.636. The molecule has 2 aromatic heterocycles. The van der Waals surface area contributed by atoms with Gasteiger partial charge in [-0.2, -0.15) is 0 Å². The van der Waals surface area contributed by atoms with E-state index in [0.717, 1.165) is 17.5 Å². The summed E-state index contributed by atoms with van der Waals surface area (Å²) in [6.07, 6.45) is 6.28. The average molecular weight is 198 g/mol. The number of aromatic nitrogens is 2. The van der Waals surface area contributed by atoms with Gasteiger partial charge in [-0.25, -0.2) is 4.98 Å². The number of nitrogens with zero attached hydrogens (tertiary/aromatic N) is 2. The van der Waals surface area contributed by atoms with Crippen LogP contribution in [0.25, 0.3) is 5.65 Å². The van der Waals surface area contributed by atoms with Crippen molar-refractivity contribution in [1.29, 1.82) is 0 Å². The van der Waals surface area contributed by atoms with Crippen LogP contribution < -0.4 is 0 Å². The Morgan fingerprint density at radius 3 is 3.13 bits per heavy atom. The van der Waals surface area contributed by atoms with E-state index in [1.54, 1.807) is 0 Å². The van der Waals surface area contributed by atoms with Crippen molar-refractivity contribution in [3.8, 4) is 0 Å². The molecule has 2 aliphatic rings. The maximum absolute atomic E-state index is 4.80. The highest BCUT2D eigenvalue weighted by atomic mass is 15.0. The largest absolute Gasteiger partial charge is 0.303 e. The first kappa shape index (κ1) is 7.91. The zero-order valence-electron chi connectivity index (χ0n) is 8.90. The first-order valence-corrected chi connectivity index (χ1v) is 5.81. The Kier molecular flexibility index (Phi) is 1.28. The lowest BCUT2D eigenvalue weighted by molar-refractivity contribution is 0.690. The average Bonchev–Trinajstić information content (AvgIpc) is 2.85. The van der Waals surface area contributed by atoms with Gasteiger partial charge in [-0.15, -0.1) is 0 Å². The van der Waals surface area contributed by atoms with E-state index >= 15 is 0 Å². The first-order valence-electron chi connectivity index (χ1n) is 5.81. The molecule has 4 rings (SSSR count). The predicted molar refractivity (Wildman–Crippen MR) is 59.3 cm³/mol. The number of aryl methyl sites for hydroxylation is 1. The summed E-state index contributed by atoms with van der Waals surface area (Å²) in [6, 6.07) is 4.37. The third-order valence-electron chi connectivity index (χ3n) is 4.05. The van der Waals surface area contributed by atoms with Crippen LogP contribution in [0.1, 0.15) is 48.0 Å². The van der Waals surface area contributed by atoms with Gasteiger partial charge in [0.15, 0.2) is 0 Å². The Morgan fingerprint density at radius 1 is 1.33 bits per heavy atom. The van der Waals surface area contributed by atoms with E-state index in [9.17, 15) is 0 Å². The maximum Gasteiger partial charge on any atom is 0.137 e. The molecule has 0 amide bonds. The molecule has 0 radical (unpaired) electrons. The Balaban J connectivity index is 2.09. The number of pyridine rings is 1. The molecular weight excluding hydrogens is 184 g/mol. The fourth-order valence-corrected chi connectivity index (χ4v) is 3.37. The first-order chi connectivity index (χ1) is 7.33. The second-order valence-corrected chi connectivity index (χ2v) is 5.02. The summed E-state index contributed by atoms with van der Waals surface area (Å²) in [5.74, 6) is 1.56. The number of rotatable bonds is 0. The lowest BCUT2D eigenvalue weighted by Gasteiger charge is -2.09. The molecule has 2 aromatic rings. The highest BCUT2D eigenvalue weighted by Gasteiger charge is 2.40. The second-order valence-electron chi connectivity index (χ2n) is 5.02. The van der Waals surface area contributed by atoms with Crippen molar-refractivity contribution in [2.45, 2.75) is 38.0 Å². The van der Waals surface area contributed by atoms with Crippen LogP contribution >= 0.6 is 0 Å². The topological polar surface area (TPSA) is 17.3 Å². The molecule has 1 saturated carbocycles. The minimum absolute atomic E-state index is 0.769. The normalized spacial score (nSPS) is 27.5. The molecule has 15 heavy (non-hydrogen) atoms. The third kappa shape index (κ3) is 0.876. The Labute approximate surface area is 88.9 Å². The van der Waals surface area contributed by atoms with E-state index in [1.165, 1.54) is 36.2 Å². The van der Waals surface area contributed by atoms with Crippen LogP contribution in [-0.2, 0) is 0 Å². The van der Waals surface area contributed by atoms with E-state index in [4.69, 9.17) is 4.98 Å². The molecule has 1 fully saturated rings. The summed E-state index contributed by atoms with van der Waals surface area (Å²) in [6.45, 7) is 2.13. The molecule has 0 spiro atoms. The number of imidazole rings is 1. The maximum atomic E-state index is 4.80. The van der Waals surface area contributed by atoms with E-state index in [2.05, 4.69) is 29.7 Å². The molecule has 2 bridgehead atoms. The van der Waals surface area contributed by atoms with Crippen LogP contribution in [0, 0.1) is 6.92 Å². The molecule has 0 aliphatic heterocycles. The van der Waals surface area contributed by atoms with Gasteiger partial charge >= 0.3 is 0 Å². The standard InChI is InChI=1S/C13H14N2/c1-8-4-5-15-11(6-8)14-12-9-2-3-10(7-9)13(12)15/h4-6,9-10H,2-3,7H2,1H3. The Hall–Kier alpha value is -1.31. The van der Waals surface area contributed by atoms with Gasteiger partial charge in [0.25, 0.3) is 0 Å². The van der Waals surface area contributed by atoms with Crippen molar-refractivity contribution < 1.29 is 0 Å². The van der Waals surface area contributed by atoms with E-state index < -0.39 is 0 Å². The molecule has 2 heterocycles. The van der Waals surface area contributed by atoms with Gasteiger partial charge in [0.1, 0.15) is 5.65 Å². The Morgan fingerprint density at radius 2 is 2.20 bits per heavy atom. The number of hydrogen-bond donors (Lipinski definition) is 0. The van der Waals surface area contributed by atoms with Crippen molar-refractivity contribution >= 4 is 5.65 Å². The van der Waals surface area contributed by atoms with Gasteiger partial charge in [-0.05, 0) is 43.9 Å². The van der Waals surface area contributed by atoms with Gasteiger partial charge < -0.3 is 4.40 Å². The van der Waals surface area contributed by atoms with Crippen molar-refractivity contribution in [2.24, 2.45) is 0 Å². The molecule has 2 atom stereocenters. The van der Waals surface area contributed by atoms with E-state index in [0.29, 0.717) is 0 Å².